The summed E-state index contributed by atoms with van der Waals surface area (Å²) in [6.45, 7) is 0. The Morgan fingerprint density at radius 1 is 1.29 bits per heavy atom. The number of carbonyl (C=O) groups is 1. The van der Waals surface area contributed by atoms with Gasteiger partial charge in [0, 0.05) is 11.8 Å². The predicted octanol–water partition coefficient (Wildman–Crippen LogP) is 3.14. The fourth-order valence-corrected chi connectivity index (χ4v) is 1.74. The number of halogens is 1. The molecule has 4 heteroatoms. The van der Waals surface area contributed by atoms with Gasteiger partial charge in [0.25, 0.3) is 5.24 Å². The zero-order valence-electron chi connectivity index (χ0n) is 9.18. The largest absolute Gasteiger partial charge is 0.497 e. The molecule has 17 heavy (non-hydrogen) atoms. The highest BCUT2D eigenvalue weighted by Crippen LogP contribution is 2.26. The first-order valence-corrected chi connectivity index (χ1v) is 5.39. The summed E-state index contributed by atoms with van der Waals surface area (Å²) in [6.07, 6.45) is 1.54. The summed E-state index contributed by atoms with van der Waals surface area (Å²) in [5.74, 6) is 0.722. The van der Waals surface area contributed by atoms with Crippen molar-refractivity contribution in [3.63, 3.8) is 0 Å². The molecule has 0 aliphatic heterocycles. The van der Waals surface area contributed by atoms with Crippen LogP contribution in [-0.4, -0.2) is 17.3 Å². The van der Waals surface area contributed by atoms with E-state index in [0.717, 1.165) is 11.3 Å². The van der Waals surface area contributed by atoms with Gasteiger partial charge in [0.15, 0.2) is 0 Å². The van der Waals surface area contributed by atoms with Gasteiger partial charge >= 0.3 is 0 Å². The normalized spacial score (nSPS) is 10.0. The molecule has 1 aromatic carbocycles. The molecule has 0 N–H and O–H groups in total. The molecule has 0 bridgehead atoms. The van der Waals surface area contributed by atoms with Gasteiger partial charge in [-0.05, 0) is 35.4 Å². The van der Waals surface area contributed by atoms with Crippen molar-refractivity contribution in [3.8, 4) is 16.9 Å². The van der Waals surface area contributed by atoms with Crippen molar-refractivity contribution in [1.82, 2.24) is 4.98 Å². The molecule has 2 aromatic rings. The van der Waals surface area contributed by atoms with Crippen LogP contribution in [0, 0.1) is 0 Å². The molecule has 0 unspecified atom stereocenters. The van der Waals surface area contributed by atoms with Crippen LogP contribution in [0.5, 0.6) is 5.75 Å². The number of rotatable bonds is 3. The highest BCUT2D eigenvalue weighted by molar-refractivity contribution is 6.68. The summed E-state index contributed by atoms with van der Waals surface area (Å²) < 4.78 is 5.14. The molecular weight excluding hydrogens is 238 g/mol. The zero-order chi connectivity index (χ0) is 12.3. The van der Waals surface area contributed by atoms with Crippen LogP contribution in [0.1, 0.15) is 10.5 Å². The smallest absolute Gasteiger partial charge is 0.271 e. The molecule has 1 heterocycles. The lowest BCUT2D eigenvalue weighted by Crippen LogP contribution is -1.97. The summed E-state index contributed by atoms with van der Waals surface area (Å²) in [5, 5.41) is -0.566. The Balaban J connectivity index is 2.56. The summed E-state index contributed by atoms with van der Waals surface area (Å²) in [5.41, 5.74) is 1.80. The van der Waals surface area contributed by atoms with Gasteiger partial charge in [-0.15, -0.1) is 0 Å². The number of nitrogens with zero attached hydrogens (tertiary/aromatic N) is 1. The number of methoxy groups -OCH3 is 1. The lowest BCUT2D eigenvalue weighted by Gasteiger charge is -2.06. The van der Waals surface area contributed by atoms with E-state index in [1.54, 1.807) is 25.4 Å². The second kappa shape index (κ2) is 4.97. The van der Waals surface area contributed by atoms with Gasteiger partial charge in [-0.3, -0.25) is 9.78 Å². The van der Waals surface area contributed by atoms with Crippen LogP contribution in [0.15, 0.2) is 42.6 Å². The molecule has 0 aliphatic rings. The Kier molecular flexibility index (Phi) is 3.40. The average molecular weight is 248 g/mol. The van der Waals surface area contributed by atoms with E-state index in [1.165, 1.54) is 0 Å². The van der Waals surface area contributed by atoms with Crippen LogP contribution >= 0.6 is 11.6 Å². The quantitative estimate of drug-likeness (QED) is 0.783. The van der Waals surface area contributed by atoms with Crippen LogP contribution in [0.4, 0.5) is 0 Å². The van der Waals surface area contributed by atoms with Gasteiger partial charge in [-0.1, -0.05) is 18.2 Å². The van der Waals surface area contributed by atoms with E-state index in [-0.39, 0.29) is 5.69 Å². The highest BCUT2D eigenvalue weighted by Gasteiger charge is 2.11. The molecule has 0 saturated carbocycles. The van der Waals surface area contributed by atoms with E-state index in [0.29, 0.717) is 5.56 Å². The van der Waals surface area contributed by atoms with Crippen molar-refractivity contribution < 1.29 is 9.53 Å². The van der Waals surface area contributed by atoms with Crippen molar-refractivity contribution in [2.24, 2.45) is 0 Å². The standard InChI is InChI=1S/C13H10ClNO2/c1-17-10-5-2-4-9(8-10)11-6-3-7-15-12(11)13(14)16/h2-8H,1H3. The molecular formula is C13H10ClNO2. The third kappa shape index (κ3) is 2.45. The summed E-state index contributed by atoms with van der Waals surface area (Å²) >= 11 is 5.50. The van der Waals surface area contributed by atoms with Crippen LogP contribution in [0.2, 0.25) is 0 Å². The summed E-state index contributed by atoms with van der Waals surface area (Å²) in [6, 6.07) is 11.0. The first-order valence-electron chi connectivity index (χ1n) is 5.01. The van der Waals surface area contributed by atoms with Gasteiger partial charge in [-0.25, -0.2) is 0 Å². The number of aromatic nitrogens is 1. The Labute approximate surface area is 104 Å². The Morgan fingerprint density at radius 2 is 2.12 bits per heavy atom. The second-order valence-electron chi connectivity index (χ2n) is 3.41. The number of carbonyl (C=O) groups excluding carboxylic acids is 1. The predicted molar refractivity (Wildman–Crippen MR) is 66.4 cm³/mol. The number of pyridine rings is 1. The van der Waals surface area contributed by atoms with Crippen molar-refractivity contribution in [2.45, 2.75) is 0 Å². The van der Waals surface area contributed by atoms with Crippen molar-refractivity contribution in [2.75, 3.05) is 7.11 Å². The van der Waals surface area contributed by atoms with Gasteiger partial charge < -0.3 is 4.74 Å². The Hall–Kier alpha value is -1.87. The van der Waals surface area contributed by atoms with Crippen LogP contribution < -0.4 is 4.74 Å². The SMILES string of the molecule is COc1cccc(-c2cccnc2C(=O)Cl)c1. The van der Waals surface area contributed by atoms with Gasteiger partial charge in [-0.2, -0.15) is 0 Å². The topological polar surface area (TPSA) is 39.2 Å². The van der Waals surface area contributed by atoms with Crippen molar-refractivity contribution in [3.05, 3.63) is 48.3 Å². The Bertz CT molecular complexity index is 555. The average Bonchev–Trinajstić information content (AvgIpc) is 2.39. The molecule has 0 spiro atoms. The number of benzene rings is 1. The molecule has 0 fully saturated rings. The Morgan fingerprint density at radius 3 is 2.82 bits per heavy atom. The summed E-state index contributed by atoms with van der Waals surface area (Å²) in [4.78, 5) is 15.3. The maximum Gasteiger partial charge on any atom is 0.271 e. The zero-order valence-corrected chi connectivity index (χ0v) is 9.94. The molecule has 3 nitrogen and oxygen atoms in total. The van der Waals surface area contributed by atoms with E-state index in [4.69, 9.17) is 16.3 Å². The third-order valence-corrected chi connectivity index (χ3v) is 2.55. The van der Waals surface area contributed by atoms with Gasteiger partial charge in [0.2, 0.25) is 0 Å². The van der Waals surface area contributed by atoms with E-state index >= 15 is 0 Å². The first kappa shape index (κ1) is 11.6. The number of hydrogen-bond acceptors (Lipinski definition) is 3. The first-order chi connectivity index (χ1) is 8.22. The fourth-order valence-electron chi connectivity index (χ4n) is 1.59. The van der Waals surface area contributed by atoms with Crippen LogP contribution in [-0.2, 0) is 0 Å². The number of ether oxygens (including phenoxy) is 1. The van der Waals surface area contributed by atoms with Crippen LogP contribution in [0.25, 0.3) is 11.1 Å². The lowest BCUT2D eigenvalue weighted by molar-refractivity contribution is 0.107. The molecule has 2 rings (SSSR count). The van der Waals surface area contributed by atoms with Gasteiger partial charge in [0.05, 0.1) is 7.11 Å². The fraction of sp³-hybridized carbons (Fsp3) is 0.0769. The molecule has 0 aliphatic carbocycles. The highest BCUT2D eigenvalue weighted by atomic mass is 35.5. The summed E-state index contributed by atoms with van der Waals surface area (Å²) in [7, 11) is 1.59. The van der Waals surface area contributed by atoms with E-state index < -0.39 is 5.24 Å². The molecule has 0 radical (unpaired) electrons. The monoisotopic (exact) mass is 247 g/mol. The van der Waals surface area contributed by atoms with Crippen molar-refractivity contribution in [1.29, 1.82) is 0 Å². The minimum Gasteiger partial charge on any atom is -0.497 e. The van der Waals surface area contributed by atoms with E-state index in [9.17, 15) is 4.79 Å². The molecule has 0 saturated heterocycles. The third-order valence-electron chi connectivity index (χ3n) is 2.37. The van der Waals surface area contributed by atoms with E-state index in [2.05, 4.69) is 4.98 Å². The van der Waals surface area contributed by atoms with E-state index in [1.807, 2.05) is 24.3 Å². The molecule has 0 amide bonds. The lowest BCUT2D eigenvalue weighted by atomic mass is 10.0. The van der Waals surface area contributed by atoms with Crippen molar-refractivity contribution >= 4 is 16.8 Å². The molecule has 1 aromatic heterocycles. The molecule has 86 valence electrons. The van der Waals surface area contributed by atoms with Gasteiger partial charge in [0.1, 0.15) is 11.4 Å². The minimum absolute atomic E-state index is 0.252. The van der Waals surface area contributed by atoms with Crippen LogP contribution in [0.3, 0.4) is 0 Å². The second-order valence-corrected chi connectivity index (χ2v) is 3.75. The number of hydrogen-bond donors (Lipinski definition) is 0. The minimum atomic E-state index is -0.566. The maximum atomic E-state index is 11.3. The maximum absolute atomic E-state index is 11.3. The molecule has 0 atom stereocenters.